The van der Waals surface area contributed by atoms with Crippen LogP contribution in [0, 0.1) is 0 Å². The number of ether oxygens (including phenoxy) is 1. The maximum absolute atomic E-state index is 13.9. The van der Waals surface area contributed by atoms with E-state index in [1.165, 1.54) is 0 Å². The highest BCUT2D eigenvalue weighted by Crippen LogP contribution is 2.56. The molecular formula is C25H20BrCl2N3O4. The number of Topliss-reactive ketones (excluding diaryl/α,β-unsaturated/α-hetero) is 1. The number of carbonyl (C=O) groups excluding carboxylic acids is 3. The highest BCUT2D eigenvalue weighted by atomic mass is 79.9. The number of fused-ring (bicyclic) bond motifs is 3. The summed E-state index contributed by atoms with van der Waals surface area (Å²) >= 11 is 16.1. The lowest BCUT2D eigenvalue weighted by atomic mass is 9.63. The van der Waals surface area contributed by atoms with Gasteiger partial charge in [-0.25, -0.2) is 4.79 Å². The van der Waals surface area contributed by atoms with Crippen LogP contribution >= 0.6 is 39.1 Å². The molecule has 1 atom stereocenters. The van der Waals surface area contributed by atoms with E-state index in [9.17, 15) is 14.4 Å². The summed E-state index contributed by atoms with van der Waals surface area (Å²) in [6.45, 7) is 1.72. The minimum atomic E-state index is -1.75. The number of esters is 1. The van der Waals surface area contributed by atoms with Gasteiger partial charge in [-0.05, 0) is 56.2 Å². The van der Waals surface area contributed by atoms with Crippen molar-refractivity contribution in [2.75, 3.05) is 16.8 Å². The predicted molar refractivity (Wildman–Crippen MR) is 137 cm³/mol. The van der Waals surface area contributed by atoms with E-state index in [2.05, 4.69) is 21.2 Å². The Labute approximate surface area is 220 Å². The van der Waals surface area contributed by atoms with Crippen LogP contribution in [0.2, 0.25) is 10.0 Å². The average Bonchev–Trinajstić information content (AvgIpc) is 3.07. The molecule has 2 aromatic carbocycles. The lowest BCUT2D eigenvalue weighted by molar-refractivity contribution is -0.140. The molecule has 2 heterocycles. The molecule has 1 aliphatic carbocycles. The molecule has 2 aromatic rings. The summed E-state index contributed by atoms with van der Waals surface area (Å²) in [6.07, 6.45) is 1.25. The maximum Gasteiger partial charge on any atom is 0.339 e. The first-order chi connectivity index (χ1) is 16.7. The van der Waals surface area contributed by atoms with Gasteiger partial charge in [-0.2, -0.15) is 0 Å². The molecule has 0 radical (unpaired) electrons. The number of allylic oxidation sites excluding steroid dienone is 1. The number of hydrogen-bond donors (Lipinski definition) is 2. The van der Waals surface area contributed by atoms with E-state index < -0.39 is 17.3 Å². The van der Waals surface area contributed by atoms with Gasteiger partial charge in [-0.3, -0.25) is 14.5 Å². The molecule has 0 bridgehead atoms. The number of anilines is 2. The molecule has 7 nitrogen and oxygen atoms in total. The van der Waals surface area contributed by atoms with Crippen molar-refractivity contribution in [1.82, 2.24) is 0 Å². The zero-order valence-electron chi connectivity index (χ0n) is 18.6. The van der Waals surface area contributed by atoms with Gasteiger partial charge in [0.25, 0.3) is 0 Å². The second-order valence-electron chi connectivity index (χ2n) is 8.40. The molecule has 5 rings (SSSR count). The fourth-order valence-corrected chi connectivity index (χ4v) is 6.07. The highest BCUT2D eigenvalue weighted by molar-refractivity contribution is 9.10. The zero-order valence-corrected chi connectivity index (χ0v) is 21.7. The van der Waals surface area contributed by atoms with Crippen LogP contribution in [0.15, 0.2) is 63.5 Å². The second-order valence-corrected chi connectivity index (χ2v) is 10.2. The predicted octanol–water partition coefficient (Wildman–Crippen LogP) is 5.21. The lowest BCUT2D eigenvalue weighted by Crippen LogP contribution is -2.53. The minimum absolute atomic E-state index is 0.0240. The molecule has 0 fully saturated rings. The fourth-order valence-electron chi connectivity index (χ4n) is 5.22. The quantitative estimate of drug-likeness (QED) is 0.487. The average molecular weight is 577 g/mol. The number of nitrogens with one attached hydrogen (secondary N) is 1. The van der Waals surface area contributed by atoms with E-state index in [4.69, 9.17) is 33.7 Å². The van der Waals surface area contributed by atoms with Crippen LogP contribution in [0.5, 0.6) is 0 Å². The molecule has 0 saturated heterocycles. The highest BCUT2D eigenvalue weighted by Gasteiger charge is 2.62. The van der Waals surface area contributed by atoms with E-state index in [0.717, 1.165) is 0 Å². The first-order valence-electron chi connectivity index (χ1n) is 11.0. The van der Waals surface area contributed by atoms with Crippen molar-refractivity contribution in [1.29, 1.82) is 0 Å². The monoisotopic (exact) mass is 575 g/mol. The standard InChI is InChI=1S/C25H20BrCl2N3O4/c1-2-35-23(33)21-22(29)31(17-9-7-13(27)11-15(17)28)18-4-3-5-19(32)20(18)25(21)14-10-12(26)6-8-16(14)30-24(25)34/h6-11H,2-5,29H2,1H3,(H,30,34). The Morgan fingerprint density at radius 3 is 2.69 bits per heavy atom. The van der Waals surface area contributed by atoms with Gasteiger partial charge in [0.1, 0.15) is 16.8 Å². The third-order valence-corrected chi connectivity index (χ3v) is 7.54. The van der Waals surface area contributed by atoms with Gasteiger partial charge in [0, 0.05) is 38.4 Å². The summed E-state index contributed by atoms with van der Waals surface area (Å²) in [7, 11) is 0. The van der Waals surface area contributed by atoms with Crippen molar-refractivity contribution in [3.05, 3.63) is 79.1 Å². The van der Waals surface area contributed by atoms with Crippen molar-refractivity contribution in [2.24, 2.45) is 5.73 Å². The largest absolute Gasteiger partial charge is 0.462 e. The number of hydrogen-bond acceptors (Lipinski definition) is 6. The zero-order chi connectivity index (χ0) is 25.1. The number of benzene rings is 2. The smallest absolute Gasteiger partial charge is 0.339 e. The Hall–Kier alpha value is -2.81. The molecule has 3 N–H and O–H groups in total. The molecule has 1 amide bonds. The summed E-state index contributed by atoms with van der Waals surface area (Å²) in [5, 5.41) is 3.55. The summed E-state index contributed by atoms with van der Waals surface area (Å²) in [6, 6.07) is 10.1. The Balaban J connectivity index is 1.92. The summed E-state index contributed by atoms with van der Waals surface area (Å²) in [5.41, 5.74) is 7.01. The molecular weight excluding hydrogens is 557 g/mol. The topological polar surface area (TPSA) is 102 Å². The number of nitrogens with zero attached hydrogens (tertiary/aromatic N) is 1. The normalized spacial score (nSPS) is 21.3. The Bertz CT molecular complexity index is 1390. The fraction of sp³-hybridized carbons (Fsp3) is 0.240. The maximum atomic E-state index is 13.9. The molecule has 0 aromatic heterocycles. The number of ketones is 1. The lowest BCUT2D eigenvalue weighted by Gasteiger charge is -2.44. The number of halogens is 3. The van der Waals surface area contributed by atoms with Crippen molar-refractivity contribution in [3.8, 4) is 0 Å². The van der Waals surface area contributed by atoms with Crippen LogP contribution in [0.1, 0.15) is 31.7 Å². The molecule has 0 saturated carbocycles. The first kappa shape index (κ1) is 23.9. The molecule has 10 heteroatoms. The Kier molecular flexibility index (Phi) is 5.94. The van der Waals surface area contributed by atoms with Gasteiger partial charge in [-0.1, -0.05) is 39.1 Å². The summed E-state index contributed by atoms with van der Waals surface area (Å²) in [4.78, 5) is 42.6. The number of rotatable bonds is 3. The van der Waals surface area contributed by atoms with Gasteiger partial charge in [0.15, 0.2) is 5.78 Å². The van der Waals surface area contributed by atoms with Crippen molar-refractivity contribution < 1.29 is 19.1 Å². The van der Waals surface area contributed by atoms with E-state index in [-0.39, 0.29) is 40.8 Å². The van der Waals surface area contributed by atoms with Crippen molar-refractivity contribution in [2.45, 2.75) is 31.6 Å². The third kappa shape index (κ3) is 3.42. The molecule has 1 unspecified atom stereocenters. The van der Waals surface area contributed by atoms with Crippen molar-refractivity contribution >= 4 is 68.2 Å². The molecule has 3 aliphatic rings. The van der Waals surface area contributed by atoms with Gasteiger partial charge >= 0.3 is 5.97 Å². The summed E-state index contributed by atoms with van der Waals surface area (Å²) in [5.74, 6) is -1.57. The van der Waals surface area contributed by atoms with Gasteiger partial charge in [0.2, 0.25) is 5.91 Å². The third-order valence-electron chi connectivity index (χ3n) is 6.51. The van der Waals surface area contributed by atoms with E-state index in [1.807, 2.05) is 0 Å². The number of carbonyl (C=O) groups is 3. The van der Waals surface area contributed by atoms with E-state index in [0.29, 0.717) is 45.0 Å². The van der Waals surface area contributed by atoms with Crippen LogP contribution < -0.4 is 16.0 Å². The van der Waals surface area contributed by atoms with Crippen LogP contribution in [-0.4, -0.2) is 24.3 Å². The molecule has 35 heavy (non-hydrogen) atoms. The van der Waals surface area contributed by atoms with Gasteiger partial charge in [-0.15, -0.1) is 0 Å². The van der Waals surface area contributed by atoms with Crippen LogP contribution in [-0.2, 0) is 24.5 Å². The second kappa shape index (κ2) is 8.69. The van der Waals surface area contributed by atoms with E-state index >= 15 is 0 Å². The Morgan fingerprint density at radius 1 is 1.20 bits per heavy atom. The van der Waals surface area contributed by atoms with Crippen molar-refractivity contribution in [3.63, 3.8) is 0 Å². The van der Waals surface area contributed by atoms with E-state index in [1.54, 1.807) is 48.2 Å². The molecule has 1 spiro atoms. The van der Waals surface area contributed by atoms with Crippen LogP contribution in [0.3, 0.4) is 0 Å². The molecule has 180 valence electrons. The number of amides is 1. The van der Waals surface area contributed by atoms with Crippen LogP contribution in [0.4, 0.5) is 11.4 Å². The minimum Gasteiger partial charge on any atom is -0.462 e. The Morgan fingerprint density at radius 2 is 1.97 bits per heavy atom. The van der Waals surface area contributed by atoms with Gasteiger partial charge in [0.05, 0.1) is 17.3 Å². The SMILES string of the molecule is CCOC(=O)C1=C(N)N(c2ccc(Cl)cc2Cl)C2=C(C(=O)CCC2)C12C(=O)Nc1ccc(Br)cc12. The first-order valence-corrected chi connectivity index (χ1v) is 12.6. The molecule has 2 aliphatic heterocycles. The van der Waals surface area contributed by atoms with Crippen LogP contribution in [0.25, 0.3) is 0 Å². The van der Waals surface area contributed by atoms with Gasteiger partial charge < -0.3 is 15.8 Å². The number of nitrogens with two attached hydrogens (primary N) is 1. The summed E-state index contributed by atoms with van der Waals surface area (Å²) < 4.78 is 6.08.